The van der Waals surface area contributed by atoms with E-state index in [2.05, 4.69) is 5.32 Å². The molecule has 0 unspecified atom stereocenters. The molecule has 5 nitrogen and oxygen atoms in total. The number of rotatable bonds is 3. The standard InChI is InChI=1S/C10H9F3N2O3/c1-2-14-9(16)6-3-7(10(11,12)13)5-8(4-6)15(17)18/h3-5H,2H2,1H3,(H,14,16). The van der Waals surface area contributed by atoms with Gasteiger partial charge in [-0.05, 0) is 13.0 Å². The lowest BCUT2D eigenvalue weighted by Crippen LogP contribution is -2.23. The van der Waals surface area contributed by atoms with Crippen molar-refractivity contribution in [2.24, 2.45) is 0 Å². The van der Waals surface area contributed by atoms with Crippen LogP contribution in [0.25, 0.3) is 0 Å². The van der Waals surface area contributed by atoms with Crippen LogP contribution in [-0.4, -0.2) is 17.4 Å². The Morgan fingerprint density at radius 2 is 2.00 bits per heavy atom. The summed E-state index contributed by atoms with van der Waals surface area (Å²) in [4.78, 5) is 20.9. The van der Waals surface area contributed by atoms with Gasteiger partial charge in [-0.3, -0.25) is 14.9 Å². The number of non-ortho nitro benzene ring substituents is 1. The first-order chi connectivity index (χ1) is 8.25. The molecule has 0 bridgehead atoms. The van der Waals surface area contributed by atoms with Gasteiger partial charge in [-0.25, -0.2) is 0 Å². The predicted octanol–water partition coefficient (Wildman–Crippen LogP) is 2.36. The predicted molar refractivity (Wildman–Crippen MR) is 56.1 cm³/mol. The van der Waals surface area contributed by atoms with Crippen molar-refractivity contribution in [3.8, 4) is 0 Å². The fraction of sp³-hybridized carbons (Fsp3) is 0.300. The van der Waals surface area contributed by atoms with Gasteiger partial charge in [-0.15, -0.1) is 0 Å². The zero-order valence-electron chi connectivity index (χ0n) is 9.25. The van der Waals surface area contributed by atoms with Crippen LogP contribution in [0.4, 0.5) is 18.9 Å². The summed E-state index contributed by atoms with van der Waals surface area (Å²) in [6, 6.07) is 1.78. The SMILES string of the molecule is CCNC(=O)c1cc([N+](=O)[O-])cc(C(F)(F)F)c1. The van der Waals surface area contributed by atoms with Gasteiger partial charge in [0.05, 0.1) is 10.5 Å². The van der Waals surface area contributed by atoms with Crippen molar-refractivity contribution >= 4 is 11.6 Å². The summed E-state index contributed by atoms with van der Waals surface area (Å²) < 4.78 is 37.5. The maximum Gasteiger partial charge on any atom is 0.416 e. The van der Waals surface area contributed by atoms with E-state index in [1.54, 1.807) is 6.92 Å². The number of nitro benzene ring substituents is 1. The van der Waals surface area contributed by atoms with Crippen LogP contribution in [0.15, 0.2) is 18.2 Å². The molecule has 0 radical (unpaired) electrons. The van der Waals surface area contributed by atoms with Gasteiger partial charge in [0, 0.05) is 24.2 Å². The molecule has 0 aliphatic heterocycles. The van der Waals surface area contributed by atoms with E-state index in [9.17, 15) is 28.1 Å². The van der Waals surface area contributed by atoms with Crippen molar-refractivity contribution < 1.29 is 22.9 Å². The molecule has 18 heavy (non-hydrogen) atoms. The van der Waals surface area contributed by atoms with E-state index in [1.165, 1.54) is 0 Å². The molecule has 0 atom stereocenters. The van der Waals surface area contributed by atoms with Gasteiger partial charge in [0.2, 0.25) is 0 Å². The van der Waals surface area contributed by atoms with Crippen LogP contribution in [-0.2, 0) is 6.18 Å². The van der Waals surface area contributed by atoms with Gasteiger partial charge in [0.15, 0.2) is 0 Å². The van der Waals surface area contributed by atoms with E-state index in [0.29, 0.717) is 12.1 Å². The monoisotopic (exact) mass is 262 g/mol. The maximum atomic E-state index is 12.5. The van der Waals surface area contributed by atoms with Crippen molar-refractivity contribution in [1.82, 2.24) is 5.32 Å². The van der Waals surface area contributed by atoms with Crippen LogP contribution < -0.4 is 5.32 Å². The Hall–Kier alpha value is -2.12. The zero-order chi connectivity index (χ0) is 13.9. The number of alkyl halides is 3. The largest absolute Gasteiger partial charge is 0.416 e. The highest BCUT2D eigenvalue weighted by Crippen LogP contribution is 2.32. The number of benzene rings is 1. The number of nitrogens with one attached hydrogen (secondary N) is 1. The molecule has 0 aromatic heterocycles. The molecule has 0 heterocycles. The lowest BCUT2D eigenvalue weighted by Gasteiger charge is -2.08. The topological polar surface area (TPSA) is 72.2 Å². The van der Waals surface area contributed by atoms with Gasteiger partial charge in [0.1, 0.15) is 0 Å². The summed E-state index contributed by atoms with van der Waals surface area (Å²) in [6.07, 6.45) is -4.74. The van der Waals surface area contributed by atoms with Gasteiger partial charge in [-0.1, -0.05) is 0 Å². The fourth-order valence-electron chi connectivity index (χ4n) is 1.27. The number of halogens is 3. The molecule has 1 aromatic rings. The average molecular weight is 262 g/mol. The Labute approximate surface area is 99.8 Å². The van der Waals surface area contributed by atoms with Crippen molar-refractivity contribution in [3.05, 3.63) is 39.4 Å². The molecular weight excluding hydrogens is 253 g/mol. The summed E-state index contributed by atoms with van der Waals surface area (Å²) in [5, 5.41) is 12.8. The molecule has 0 saturated carbocycles. The third-order valence-electron chi connectivity index (χ3n) is 2.06. The third kappa shape index (κ3) is 3.19. The van der Waals surface area contributed by atoms with Crippen molar-refractivity contribution in [2.45, 2.75) is 13.1 Å². The molecule has 98 valence electrons. The number of nitrogens with zero attached hydrogens (tertiary/aromatic N) is 1. The minimum absolute atomic E-state index is 0.211. The highest BCUT2D eigenvalue weighted by atomic mass is 19.4. The van der Waals surface area contributed by atoms with Gasteiger partial charge >= 0.3 is 6.18 Å². The Morgan fingerprint density at radius 3 is 2.44 bits per heavy atom. The first-order valence-electron chi connectivity index (χ1n) is 4.90. The lowest BCUT2D eigenvalue weighted by atomic mass is 10.1. The van der Waals surface area contributed by atoms with E-state index in [4.69, 9.17) is 0 Å². The zero-order valence-corrected chi connectivity index (χ0v) is 9.25. The Bertz CT molecular complexity index is 486. The van der Waals surface area contributed by atoms with Crippen molar-refractivity contribution in [3.63, 3.8) is 0 Å². The number of carbonyl (C=O) groups is 1. The van der Waals surface area contributed by atoms with Crippen LogP contribution >= 0.6 is 0 Å². The molecule has 8 heteroatoms. The minimum atomic E-state index is -4.74. The van der Waals surface area contributed by atoms with Crippen LogP contribution in [0.5, 0.6) is 0 Å². The number of hydrogen-bond acceptors (Lipinski definition) is 3. The smallest absolute Gasteiger partial charge is 0.352 e. The number of amides is 1. The normalized spacial score (nSPS) is 11.1. The van der Waals surface area contributed by atoms with Crippen LogP contribution in [0.1, 0.15) is 22.8 Å². The van der Waals surface area contributed by atoms with E-state index in [1.807, 2.05) is 0 Å². The average Bonchev–Trinajstić information content (AvgIpc) is 2.27. The third-order valence-corrected chi connectivity index (χ3v) is 2.06. The molecule has 0 aliphatic carbocycles. The van der Waals surface area contributed by atoms with Gasteiger partial charge in [0.25, 0.3) is 11.6 Å². The molecule has 1 N–H and O–H groups in total. The van der Waals surface area contributed by atoms with Crippen molar-refractivity contribution in [1.29, 1.82) is 0 Å². The molecule has 1 aromatic carbocycles. The molecular formula is C10H9F3N2O3. The van der Waals surface area contributed by atoms with Crippen LogP contribution in [0.3, 0.4) is 0 Å². The number of nitro groups is 1. The van der Waals surface area contributed by atoms with E-state index >= 15 is 0 Å². The maximum absolute atomic E-state index is 12.5. The quantitative estimate of drug-likeness (QED) is 0.671. The highest BCUT2D eigenvalue weighted by Gasteiger charge is 2.33. The highest BCUT2D eigenvalue weighted by molar-refractivity contribution is 5.95. The summed E-state index contributed by atoms with van der Waals surface area (Å²) in [6.45, 7) is 1.79. The second kappa shape index (κ2) is 5.03. The second-order valence-corrected chi connectivity index (χ2v) is 3.38. The molecule has 1 rings (SSSR count). The molecule has 1 amide bonds. The molecule has 0 fully saturated rings. The number of hydrogen-bond donors (Lipinski definition) is 1. The first-order valence-corrected chi connectivity index (χ1v) is 4.90. The summed E-state index contributed by atoms with van der Waals surface area (Å²) in [5.41, 5.74) is -2.39. The van der Waals surface area contributed by atoms with E-state index in [-0.39, 0.29) is 6.54 Å². The first kappa shape index (κ1) is 13.9. The van der Waals surface area contributed by atoms with E-state index in [0.717, 1.165) is 6.07 Å². The van der Waals surface area contributed by atoms with Crippen molar-refractivity contribution in [2.75, 3.05) is 6.54 Å². The summed E-state index contributed by atoms with van der Waals surface area (Å²) in [5.74, 6) is -0.785. The van der Waals surface area contributed by atoms with Gasteiger partial charge < -0.3 is 5.32 Å². The van der Waals surface area contributed by atoms with Crippen LogP contribution in [0, 0.1) is 10.1 Å². The van der Waals surface area contributed by atoms with Crippen LogP contribution in [0.2, 0.25) is 0 Å². The second-order valence-electron chi connectivity index (χ2n) is 3.38. The lowest BCUT2D eigenvalue weighted by molar-refractivity contribution is -0.385. The summed E-state index contributed by atoms with van der Waals surface area (Å²) in [7, 11) is 0. The molecule has 0 saturated heterocycles. The Balaban J connectivity index is 3.31. The molecule has 0 spiro atoms. The molecule has 0 aliphatic rings. The Kier molecular flexibility index (Phi) is 3.89. The van der Waals surface area contributed by atoms with Gasteiger partial charge in [-0.2, -0.15) is 13.2 Å². The fourth-order valence-corrected chi connectivity index (χ4v) is 1.27. The minimum Gasteiger partial charge on any atom is -0.352 e. The summed E-state index contributed by atoms with van der Waals surface area (Å²) >= 11 is 0. The number of carbonyl (C=O) groups excluding carboxylic acids is 1. The Morgan fingerprint density at radius 1 is 1.39 bits per heavy atom. The van der Waals surface area contributed by atoms with E-state index < -0.39 is 33.8 Å².